The molecule has 0 amide bonds. The van der Waals surface area contributed by atoms with Gasteiger partial charge in [-0.15, -0.1) is 0 Å². The van der Waals surface area contributed by atoms with E-state index in [9.17, 15) is 8.42 Å². The Morgan fingerprint density at radius 1 is 1.44 bits per heavy atom. The van der Waals surface area contributed by atoms with Gasteiger partial charge in [0.1, 0.15) is 0 Å². The molecule has 9 heteroatoms. The molecule has 1 fully saturated rings. The Balaban J connectivity index is 0.00000162. The lowest BCUT2D eigenvalue weighted by molar-refractivity contribution is -0.849. The van der Waals surface area contributed by atoms with Crippen molar-refractivity contribution in [2.24, 2.45) is 0 Å². The SMILES string of the molecule is Cc1cc(N2CCC2)cc(N)[n+]1OS(=O)(=O)O.[OH-]. The van der Waals surface area contributed by atoms with Gasteiger partial charge in [0.15, 0.2) is 5.69 Å². The number of pyridine rings is 1. The summed E-state index contributed by atoms with van der Waals surface area (Å²) in [5.41, 5.74) is 7.09. The number of rotatable bonds is 3. The smallest absolute Gasteiger partial charge is 0.482 e. The molecule has 18 heavy (non-hydrogen) atoms. The first kappa shape index (κ1) is 14.5. The molecule has 1 aliphatic heterocycles. The van der Waals surface area contributed by atoms with Crippen LogP contribution in [0.15, 0.2) is 12.1 Å². The minimum atomic E-state index is -4.58. The second-order valence-corrected chi connectivity index (χ2v) is 4.92. The normalized spacial score (nSPS) is 14.7. The predicted octanol–water partition coefficient (Wildman–Crippen LogP) is -0.871. The van der Waals surface area contributed by atoms with Crippen molar-refractivity contribution in [2.45, 2.75) is 13.3 Å². The number of anilines is 2. The van der Waals surface area contributed by atoms with Crippen molar-refractivity contribution in [3.8, 4) is 0 Å². The summed E-state index contributed by atoms with van der Waals surface area (Å²) < 4.78 is 35.1. The Labute approximate surface area is 105 Å². The van der Waals surface area contributed by atoms with E-state index in [1.165, 1.54) is 0 Å². The predicted molar refractivity (Wildman–Crippen MR) is 62.7 cm³/mol. The lowest BCUT2D eigenvalue weighted by Crippen LogP contribution is -2.50. The molecule has 4 N–H and O–H groups in total. The molecular weight excluding hydrogens is 262 g/mol. The largest absolute Gasteiger partial charge is 0.870 e. The zero-order chi connectivity index (χ0) is 12.6. The third-order valence-corrected chi connectivity index (χ3v) is 2.93. The van der Waals surface area contributed by atoms with Crippen LogP contribution in [0, 0.1) is 6.92 Å². The quantitative estimate of drug-likeness (QED) is 0.543. The summed E-state index contributed by atoms with van der Waals surface area (Å²) in [7, 11) is -4.58. The molecule has 0 aromatic carbocycles. The molecule has 0 spiro atoms. The van der Waals surface area contributed by atoms with Crippen LogP contribution in [0.3, 0.4) is 0 Å². The third kappa shape index (κ3) is 3.00. The molecule has 2 rings (SSSR count). The zero-order valence-corrected chi connectivity index (χ0v) is 10.6. The van der Waals surface area contributed by atoms with Crippen molar-refractivity contribution >= 4 is 21.9 Å². The third-order valence-electron chi connectivity index (χ3n) is 2.60. The van der Waals surface area contributed by atoms with E-state index < -0.39 is 10.4 Å². The van der Waals surface area contributed by atoms with E-state index in [1.54, 1.807) is 19.1 Å². The van der Waals surface area contributed by atoms with Crippen LogP contribution in [0.2, 0.25) is 0 Å². The summed E-state index contributed by atoms with van der Waals surface area (Å²) in [5.74, 6) is 0.115. The molecule has 0 aliphatic carbocycles. The number of aryl methyl sites for hydroxylation is 1. The lowest BCUT2D eigenvalue weighted by atomic mass is 10.2. The average Bonchev–Trinajstić information content (AvgIpc) is 2.07. The Kier molecular flexibility index (Phi) is 3.99. The summed E-state index contributed by atoms with van der Waals surface area (Å²) in [6.45, 7) is 3.56. The molecule has 1 aliphatic rings. The van der Waals surface area contributed by atoms with Crippen molar-refractivity contribution in [1.82, 2.24) is 0 Å². The highest BCUT2D eigenvalue weighted by Gasteiger charge is 2.22. The van der Waals surface area contributed by atoms with Crippen LogP contribution in [0.5, 0.6) is 0 Å². The van der Waals surface area contributed by atoms with Gasteiger partial charge in [-0.3, -0.25) is 10.3 Å². The zero-order valence-electron chi connectivity index (χ0n) is 9.78. The van der Waals surface area contributed by atoms with Gasteiger partial charge >= 0.3 is 16.2 Å². The molecule has 0 bridgehead atoms. The highest BCUT2D eigenvalue weighted by atomic mass is 32.3. The molecule has 2 heterocycles. The molecule has 1 aromatic heterocycles. The number of hydrogen-bond acceptors (Lipinski definition) is 6. The van der Waals surface area contributed by atoms with Crippen LogP contribution in [-0.2, 0) is 10.4 Å². The van der Waals surface area contributed by atoms with Crippen molar-refractivity contribution < 1.29 is 27.5 Å². The van der Waals surface area contributed by atoms with Crippen molar-refractivity contribution in [3.05, 3.63) is 17.8 Å². The topological polar surface area (TPSA) is 127 Å². The minimum Gasteiger partial charge on any atom is -0.870 e. The van der Waals surface area contributed by atoms with E-state index in [0.29, 0.717) is 5.69 Å². The van der Waals surface area contributed by atoms with Crippen LogP contribution < -0.4 is 19.6 Å². The summed E-state index contributed by atoms with van der Waals surface area (Å²) in [6, 6.07) is 3.36. The Hall–Kier alpha value is -1.58. The average molecular weight is 277 g/mol. The van der Waals surface area contributed by atoms with Crippen molar-refractivity contribution in [1.29, 1.82) is 0 Å². The minimum absolute atomic E-state index is 0. The Bertz CT molecular complexity index is 518. The highest BCUT2D eigenvalue weighted by molar-refractivity contribution is 7.80. The fourth-order valence-electron chi connectivity index (χ4n) is 1.68. The van der Waals surface area contributed by atoms with Crippen LogP contribution in [-0.4, -0.2) is 31.5 Å². The molecule has 1 saturated heterocycles. The van der Waals surface area contributed by atoms with Gasteiger partial charge in [0.2, 0.25) is 0 Å². The molecule has 0 saturated carbocycles. The maximum absolute atomic E-state index is 10.6. The number of nitrogens with zero attached hydrogens (tertiary/aromatic N) is 2. The Morgan fingerprint density at radius 3 is 2.44 bits per heavy atom. The summed E-state index contributed by atoms with van der Waals surface area (Å²) in [6.07, 6.45) is 1.13. The van der Waals surface area contributed by atoms with Gasteiger partial charge in [-0.25, -0.2) is 0 Å². The second-order valence-electron chi connectivity index (χ2n) is 3.92. The van der Waals surface area contributed by atoms with E-state index >= 15 is 0 Å². The first-order chi connectivity index (χ1) is 7.87. The van der Waals surface area contributed by atoms with E-state index in [2.05, 4.69) is 9.18 Å². The van der Waals surface area contributed by atoms with Gasteiger partial charge in [-0.2, -0.15) is 12.7 Å². The molecule has 1 aromatic rings. The first-order valence-corrected chi connectivity index (χ1v) is 6.48. The van der Waals surface area contributed by atoms with Crippen molar-refractivity contribution in [3.63, 3.8) is 0 Å². The van der Waals surface area contributed by atoms with Gasteiger partial charge in [0, 0.05) is 31.8 Å². The maximum atomic E-state index is 10.6. The van der Waals surface area contributed by atoms with Crippen molar-refractivity contribution in [2.75, 3.05) is 23.7 Å². The molecule has 8 nitrogen and oxygen atoms in total. The standard InChI is InChI=1S/C9H13N3O4S.H2O/c1-7-5-8(11-3-2-4-11)6-9(10)12(7)16-17(13,14)15;/h5-6,10H,2-4H2,1H3,(H,13,14,15);1H2. The first-order valence-electron chi connectivity index (χ1n) is 5.11. The molecule has 0 unspecified atom stereocenters. The maximum Gasteiger partial charge on any atom is 0.482 e. The van der Waals surface area contributed by atoms with Crippen LogP contribution in [0.25, 0.3) is 0 Å². The lowest BCUT2D eigenvalue weighted by Gasteiger charge is -2.33. The van der Waals surface area contributed by atoms with Crippen LogP contribution in [0.1, 0.15) is 12.1 Å². The molecule has 0 atom stereocenters. The second kappa shape index (κ2) is 4.96. The molecule has 102 valence electrons. The monoisotopic (exact) mass is 277 g/mol. The van der Waals surface area contributed by atoms with Crippen LogP contribution >= 0.6 is 0 Å². The van der Waals surface area contributed by atoms with E-state index in [1.807, 2.05) is 0 Å². The number of aromatic nitrogens is 1. The van der Waals surface area contributed by atoms with Gasteiger partial charge in [-0.1, -0.05) is 0 Å². The summed E-state index contributed by atoms with van der Waals surface area (Å²) in [5, 5.41) is 0. The Morgan fingerprint density at radius 2 is 2.06 bits per heavy atom. The molecular formula is C9H15N3O5S. The molecule has 0 radical (unpaired) electrons. The van der Waals surface area contributed by atoms with Gasteiger partial charge < -0.3 is 10.4 Å². The highest BCUT2D eigenvalue weighted by Crippen LogP contribution is 2.21. The van der Waals surface area contributed by atoms with Gasteiger partial charge in [0.25, 0.3) is 0 Å². The summed E-state index contributed by atoms with van der Waals surface area (Å²) in [4.78, 5) is 2.11. The number of nitrogens with two attached hydrogens (primary N) is 1. The fraction of sp³-hybridized carbons (Fsp3) is 0.444. The van der Waals surface area contributed by atoms with Crippen LogP contribution in [0.4, 0.5) is 11.5 Å². The van der Waals surface area contributed by atoms with Gasteiger partial charge in [-0.05, 0) is 11.2 Å². The van der Waals surface area contributed by atoms with E-state index in [4.69, 9.17) is 10.3 Å². The number of hydrogen-bond donors (Lipinski definition) is 2. The number of nitrogen functional groups attached to an aromatic ring is 1. The van der Waals surface area contributed by atoms with Gasteiger partial charge in [0.05, 0.1) is 6.07 Å². The van der Waals surface area contributed by atoms with E-state index in [0.717, 1.165) is 29.9 Å². The fourth-order valence-corrected chi connectivity index (χ4v) is 2.07. The van der Waals surface area contributed by atoms with E-state index in [-0.39, 0.29) is 11.3 Å². The summed E-state index contributed by atoms with van der Waals surface area (Å²) >= 11 is 0.